The molecule has 0 fully saturated rings. The fraction of sp³-hybridized carbons (Fsp3) is 0.273. The maximum Gasteiger partial charge on any atom is 0.371 e. The Bertz CT molecular complexity index is 780. The molecule has 0 amide bonds. The number of aromatic carboxylic acids is 1. The molecule has 0 spiro atoms. The minimum Gasteiger partial charge on any atom is -0.475 e. The standard InChI is InChI=1S/C11H11BrN2O5S2/c1-6-13-7(5-20-6)4-14(2)21(17,18)9-3-8(11(15)16)19-10(9)12/h3,5H,4H2,1-2H3,(H,15,16). The van der Waals surface area contributed by atoms with Gasteiger partial charge in [0.15, 0.2) is 4.67 Å². The minimum atomic E-state index is -3.88. The number of hydrogen-bond donors (Lipinski definition) is 1. The number of aromatic nitrogens is 1. The van der Waals surface area contributed by atoms with E-state index in [9.17, 15) is 13.2 Å². The summed E-state index contributed by atoms with van der Waals surface area (Å²) >= 11 is 4.36. The summed E-state index contributed by atoms with van der Waals surface area (Å²) in [4.78, 5) is 14.8. The van der Waals surface area contributed by atoms with Crippen molar-refractivity contribution in [3.05, 3.63) is 32.6 Å². The molecule has 2 heterocycles. The summed E-state index contributed by atoms with van der Waals surface area (Å²) in [7, 11) is -2.48. The van der Waals surface area contributed by atoms with E-state index in [0.717, 1.165) is 15.4 Å². The van der Waals surface area contributed by atoms with E-state index in [-0.39, 0.29) is 16.1 Å². The molecule has 7 nitrogen and oxygen atoms in total. The van der Waals surface area contributed by atoms with Crippen molar-refractivity contribution in [2.75, 3.05) is 7.05 Å². The Hall–Kier alpha value is -1.23. The van der Waals surface area contributed by atoms with E-state index in [0.29, 0.717) is 5.69 Å². The Morgan fingerprint density at radius 2 is 2.24 bits per heavy atom. The monoisotopic (exact) mass is 394 g/mol. The molecular formula is C11H11BrN2O5S2. The van der Waals surface area contributed by atoms with Crippen LogP contribution in [0.4, 0.5) is 0 Å². The lowest BCUT2D eigenvalue weighted by Gasteiger charge is -2.14. The number of aryl methyl sites for hydroxylation is 1. The van der Waals surface area contributed by atoms with Crippen molar-refractivity contribution in [1.82, 2.24) is 9.29 Å². The molecule has 2 aromatic heterocycles. The van der Waals surface area contributed by atoms with Crippen LogP contribution in [0, 0.1) is 6.92 Å². The lowest BCUT2D eigenvalue weighted by molar-refractivity contribution is 0.0661. The summed E-state index contributed by atoms with van der Waals surface area (Å²) in [5.74, 6) is -1.78. The van der Waals surface area contributed by atoms with Crippen LogP contribution in [0.3, 0.4) is 0 Å². The van der Waals surface area contributed by atoms with Gasteiger partial charge in [-0.1, -0.05) is 0 Å². The minimum absolute atomic E-state index is 0.0900. The highest BCUT2D eigenvalue weighted by Crippen LogP contribution is 2.29. The smallest absolute Gasteiger partial charge is 0.371 e. The lowest BCUT2D eigenvalue weighted by atomic mass is 10.5. The number of rotatable bonds is 5. The zero-order valence-corrected chi connectivity index (χ0v) is 14.2. The van der Waals surface area contributed by atoms with Crippen LogP contribution >= 0.6 is 27.3 Å². The van der Waals surface area contributed by atoms with E-state index in [1.807, 2.05) is 6.92 Å². The number of hydrogen-bond acceptors (Lipinski definition) is 6. The van der Waals surface area contributed by atoms with Gasteiger partial charge in [0.05, 0.1) is 17.2 Å². The maximum atomic E-state index is 12.4. The maximum absolute atomic E-state index is 12.4. The van der Waals surface area contributed by atoms with Crippen LogP contribution in [0.15, 0.2) is 25.4 Å². The van der Waals surface area contributed by atoms with Crippen LogP contribution in [0.25, 0.3) is 0 Å². The molecule has 2 aromatic rings. The normalized spacial score (nSPS) is 12.0. The molecule has 0 bridgehead atoms. The second kappa shape index (κ2) is 5.87. The van der Waals surface area contributed by atoms with E-state index < -0.39 is 21.8 Å². The van der Waals surface area contributed by atoms with Crippen LogP contribution in [0.1, 0.15) is 21.3 Å². The van der Waals surface area contributed by atoms with Crippen molar-refractivity contribution in [2.24, 2.45) is 0 Å². The van der Waals surface area contributed by atoms with Gasteiger partial charge in [0.1, 0.15) is 4.90 Å². The van der Waals surface area contributed by atoms with Crippen molar-refractivity contribution in [1.29, 1.82) is 0 Å². The van der Waals surface area contributed by atoms with Crippen molar-refractivity contribution in [3.63, 3.8) is 0 Å². The van der Waals surface area contributed by atoms with E-state index in [1.54, 1.807) is 5.38 Å². The first-order valence-corrected chi connectivity index (χ1v) is 8.73. The quantitative estimate of drug-likeness (QED) is 0.834. The molecule has 21 heavy (non-hydrogen) atoms. The molecule has 0 aliphatic carbocycles. The fourth-order valence-corrected chi connectivity index (χ4v) is 4.24. The molecule has 1 N–H and O–H groups in total. The highest BCUT2D eigenvalue weighted by atomic mass is 79.9. The van der Waals surface area contributed by atoms with Crippen molar-refractivity contribution >= 4 is 43.3 Å². The van der Waals surface area contributed by atoms with E-state index >= 15 is 0 Å². The zero-order valence-electron chi connectivity index (χ0n) is 11.0. The number of carboxylic acid groups (broad SMARTS) is 1. The number of carbonyl (C=O) groups is 1. The highest BCUT2D eigenvalue weighted by Gasteiger charge is 2.29. The molecular weight excluding hydrogens is 384 g/mol. The molecule has 10 heteroatoms. The van der Waals surface area contributed by atoms with E-state index in [2.05, 4.69) is 20.9 Å². The number of halogens is 1. The largest absolute Gasteiger partial charge is 0.475 e. The third-order valence-corrected chi connectivity index (χ3v) is 6.09. The first kappa shape index (κ1) is 16.1. The van der Waals surface area contributed by atoms with Crippen molar-refractivity contribution < 1.29 is 22.7 Å². The average Bonchev–Trinajstić information content (AvgIpc) is 2.96. The van der Waals surface area contributed by atoms with E-state index in [1.165, 1.54) is 18.4 Å². The highest BCUT2D eigenvalue weighted by molar-refractivity contribution is 9.10. The van der Waals surface area contributed by atoms with Crippen LogP contribution in [0.5, 0.6) is 0 Å². The summed E-state index contributed by atoms with van der Waals surface area (Å²) < 4.78 is 30.7. The summed E-state index contributed by atoms with van der Waals surface area (Å²) in [5, 5.41) is 11.4. The fourth-order valence-electron chi connectivity index (χ4n) is 1.60. The average molecular weight is 395 g/mol. The van der Waals surface area contributed by atoms with Crippen LogP contribution in [0.2, 0.25) is 0 Å². The first-order valence-electron chi connectivity index (χ1n) is 5.62. The van der Waals surface area contributed by atoms with Gasteiger partial charge < -0.3 is 9.52 Å². The van der Waals surface area contributed by atoms with Gasteiger partial charge in [0.2, 0.25) is 15.8 Å². The van der Waals surface area contributed by atoms with Crippen LogP contribution in [-0.2, 0) is 16.6 Å². The van der Waals surface area contributed by atoms with Gasteiger partial charge >= 0.3 is 5.97 Å². The number of furan rings is 1. The summed E-state index contributed by atoms with van der Waals surface area (Å²) in [6.07, 6.45) is 0. The molecule has 0 aliphatic rings. The second-order valence-corrected chi connectivity index (χ2v) is 7.97. The second-order valence-electron chi connectivity index (χ2n) is 4.17. The Morgan fingerprint density at radius 3 is 2.71 bits per heavy atom. The molecule has 0 aromatic carbocycles. The summed E-state index contributed by atoms with van der Waals surface area (Å²) in [6.45, 7) is 1.92. The van der Waals surface area contributed by atoms with Crippen LogP contribution in [-0.4, -0.2) is 35.8 Å². The lowest BCUT2D eigenvalue weighted by Crippen LogP contribution is -2.26. The van der Waals surface area contributed by atoms with Gasteiger partial charge in [-0.25, -0.2) is 18.2 Å². The molecule has 0 radical (unpaired) electrons. The molecule has 0 aliphatic heterocycles. The van der Waals surface area contributed by atoms with Gasteiger partial charge in [0.25, 0.3) is 0 Å². The molecule has 0 atom stereocenters. The number of thiazole rings is 1. The van der Waals surface area contributed by atoms with Crippen molar-refractivity contribution in [2.45, 2.75) is 18.4 Å². The number of nitrogens with zero attached hydrogens (tertiary/aromatic N) is 2. The van der Waals surface area contributed by atoms with Gasteiger partial charge in [-0.2, -0.15) is 4.31 Å². The van der Waals surface area contributed by atoms with Gasteiger partial charge in [-0.05, 0) is 22.9 Å². The Balaban J connectivity index is 2.30. The van der Waals surface area contributed by atoms with Gasteiger partial charge in [-0.15, -0.1) is 11.3 Å². The summed E-state index contributed by atoms with van der Waals surface area (Å²) in [6, 6.07) is 0.977. The topological polar surface area (TPSA) is 101 Å². The Kier molecular flexibility index (Phi) is 4.51. The molecule has 114 valence electrons. The SMILES string of the molecule is Cc1nc(CN(C)S(=O)(=O)c2cc(C(=O)O)oc2Br)cs1. The predicted octanol–water partition coefficient (Wildman–Crippen LogP) is 2.33. The number of carboxylic acids is 1. The third kappa shape index (κ3) is 3.34. The predicted molar refractivity (Wildman–Crippen MR) is 78.9 cm³/mol. The third-order valence-electron chi connectivity index (χ3n) is 2.61. The van der Waals surface area contributed by atoms with E-state index in [4.69, 9.17) is 9.52 Å². The van der Waals surface area contributed by atoms with Gasteiger partial charge in [0, 0.05) is 18.5 Å². The van der Waals surface area contributed by atoms with Gasteiger partial charge in [-0.3, -0.25) is 0 Å². The molecule has 0 saturated carbocycles. The first-order chi connectivity index (χ1) is 9.71. The number of sulfonamides is 1. The van der Waals surface area contributed by atoms with Crippen molar-refractivity contribution in [3.8, 4) is 0 Å². The molecule has 0 saturated heterocycles. The summed E-state index contributed by atoms with van der Waals surface area (Å²) in [5.41, 5.74) is 0.627. The molecule has 2 rings (SSSR count). The Labute approximate surface area is 133 Å². The zero-order chi connectivity index (χ0) is 15.8. The van der Waals surface area contributed by atoms with Crippen LogP contribution < -0.4 is 0 Å². The Morgan fingerprint density at radius 1 is 1.57 bits per heavy atom. The molecule has 0 unspecified atom stereocenters.